The number of anilines is 3. The molecule has 33 heavy (non-hydrogen) atoms. The van der Waals surface area contributed by atoms with Gasteiger partial charge in [-0.15, -0.1) is 13.2 Å². The Hall–Kier alpha value is -2.60. The highest BCUT2D eigenvalue weighted by Gasteiger charge is 2.31. The molecule has 176 valence electrons. The molecule has 0 unspecified atom stereocenters. The van der Waals surface area contributed by atoms with Crippen LogP contribution in [0, 0.1) is 0 Å². The van der Waals surface area contributed by atoms with Gasteiger partial charge in [-0.25, -0.2) is 4.98 Å². The summed E-state index contributed by atoms with van der Waals surface area (Å²) in [7, 11) is 0. The SMILES string of the molecule is NC1CCC(Nc2nc(Nc3cc(Br)cc(OC(F)(F)F)c3)c3ncn(C4CC4)c3n2)CC1. The maximum absolute atomic E-state index is 12.7. The van der Waals surface area contributed by atoms with Gasteiger partial charge in [0.1, 0.15) is 5.75 Å². The van der Waals surface area contributed by atoms with E-state index in [1.807, 2.05) is 4.57 Å². The minimum absolute atomic E-state index is 0.213. The van der Waals surface area contributed by atoms with E-state index in [9.17, 15) is 13.2 Å². The summed E-state index contributed by atoms with van der Waals surface area (Å²) >= 11 is 3.24. The lowest BCUT2D eigenvalue weighted by atomic mass is 9.92. The van der Waals surface area contributed by atoms with E-state index in [-0.39, 0.29) is 17.8 Å². The second kappa shape index (κ2) is 8.64. The minimum atomic E-state index is -4.79. The molecule has 0 aliphatic heterocycles. The van der Waals surface area contributed by atoms with Gasteiger partial charge in [-0.05, 0) is 50.7 Å². The molecule has 0 radical (unpaired) electrons. The smallest absolute Gasteiger partial charge is 0.406 e. The van der Waals surface area contributed by atoms with E-state index >= 15 is 0 Å². The summed E-state index contributed by atoms with van der Waals surface area (Å²) in [6.07, 6.45) is 2.80. The summed E-state index contributed by atoms with van der Waals surface area (Å²) < 4.78 is 44.7. The van der Waals surface area contributed by atoms with Crippen molar-refractivity contribution in [2.24, 2.45) is 5.73 Å². The first-order chi connectivity index (χ1) is 15.7. The number of benzene rings is 1. The molecule has 2 heterocycles. The molecule has 1 aromatic carbocycles. The molecular weight excluding hydrogens is 503 g/mol. The number of nitrogens with one attached hydrogen (secondary N) is 2. The number of imidazole rings is 1. The van der Waals surface area contributed by atoms with Gasteiger partial charge >= 0.3 is 6.36 Å². The molecule has 2 aliphatic carbocycles. The topological polar surface area (TPSA) is 103 Å². The Bertz CT molecular complexity index is 1160. The molecule has 2 aliphatic rings. The van der Waals surface area contributed by atoms with Gasteiger partial charge in [0.05, 0.1) is 6.33 Å². The number of aromatic nitrogens is 4. The number of alkyl halides is 3. The zero-order valence-corrected chi connectivity index (χ0v) is 19.2. The fourth-order valence-corrected chi connectivity index (χ4v) is 4.57. The van der Waals surface area contributed by atoms with Crippen molar-refractivity contribution in [2.45, 2.75) is 63.0 Å². The Labute approximate surface area is 196 Å². The van der Waals surface area contributed by atoms with Crippen LogP contribution in [0.5, 0.6) is 5.75 Å². The standard InChI is InChI=1S/C21H23BrF3N7O/c22-11-7-14(9-16(8-11)33-21(23,24)25)28-18-17-19(32(10-27-17)15-5-6-15)31-20(30-18)29-13-3-1-12(26)2-4-13/h7-10,12-13,15H,1-6,26H2,(H2,28,29,30,31). The van der Waals surface area contributed by atoms with Crippen LogP contribution in [-0.2, 0) is 0 Å². The average molecular weight is 526 g/mol. The minimum Gasteiger partial charge on any atom is -0.406 e. The second-order valence-corrected chi connectivity index (χ2v) is 9.47. The van der Waals surface area contributed by atoms with Crippen molar-refractivity contribution < 1.29 is 17.9 Å². The van der Waals surface area contributed by atoms with E-state index in [1.165, 1.54) is 12.1 Å². The summed E-state index contributed by atoms with van der Waals surface area (Å²) in [5.74, 6) is 0.519. The molecule has 2 saturated carbocycles. The Kier molecular flexibility index (Phi) is 5.81. The Balaban J connectivity index is 1.48. The lowest BCUT2D eigenvalue weighted by Gasteiger charge is -2.26. The molecule has 2 fully saturated rings. The summed E-state index contributed by atoms with van der Waals surface area (Å²) in [5, 5.41) is 6.52. The van der Waals surface area contributed by atoms with E-state index in [4.69, 9.17) is 10.7 Å². The summed E-state index contributed by atoms with van der Waals surface area (Å²) in [6.45, 7) is 0. The number of rotatable bonds is 6. The number of hydrogen-bond donors (Lipinski definition) is 3. The van der Waals surface area contributed by atoms with Crippen LogP contribution in [0.1, 0.15) is 44.6 Å². The lowest BCUT2D eigenvalue weighted by Crippen LogP contribution is -2.33. The molecule has 4 N–H and O–H groups in total. The maximum Gasteiger partial charge on any atom is 0.573 e. The first-order valence-electron chi connectivity index (χ1n) is 10.8. The second-order valence-electron chi connectivity index (χ2n) is 8.56. The van der Waals surface area contributed by atoms with Crippen molar-refractivity contribution in [3.63, 3.8) is 0 Å². The Morgan fingerprint density at radius 3 is 2.52 bits per heavy atom. The monoisotopic (exact) mass is 525 g/mol. The van der Waals surface area contributed by atoms with Crippen LogP contribution in [-0.4, -0.2) is 38.0 Å². The highest BCUT2D eigenvalue weighted by molar-refractivity contribution is 9.10. The van der Waals surface area contributed by atoms with E-state index in [0.29, 0.717) is 39.1 Å². The Morgan fingerprint density at radius 1 is 1.06 bits per heavy atom. The number of ether oxygens (including phenoxy) is 1. The molecule has 2 aromatic heterocycles. The third kappa shape index (κ3) is 5.32. The lowest BCUT2D eigenvalue weighted by molar-refractivity contribution is -0.274. The number of halogens is 4. The molecule has 3 aromatic rings. The van der Waals surface area contributed by atoms with Crippen molar-refractivity contribution in [3.05, 3.63) is 29.0 Å². The number of fused-ring (bicyclic) bond motifs is 1. The summed E-state index contributed by atoms with van der Waals surface area (Å²) in [5.41, 5.74) is 7.63. The fourth-order valence-electron chi connectivity index (χ4n) is 4.10. The van der Waals surface area contributed by atoms with Gasteiger partial charge < -0.3 is 25.7 Å². The van der Waals surface area contributed by atoms with Gasteiger partial charge in [0.2, 0.25) is 5.95 Å². The van der Waals surface area contributed by atoms with Crippen LogP contribution < -0.4 is 21.1 Å². The molecule has 8 nitrogen and oxygen atoms in total. The first kappa shape index (κ1) is 22.2. The van der Waals surface area contributed by atoms with Crippen molar-refractivity contribution in [1.82, 2.24) is 19.5 Å². The molecule has 0 amide bonds. The zero-order valence-electron chi connectivity index (χ0n) is 17.6. The number of nitrogens with two attached hydrogens (primary N) is 1. The quantitative estimate of drug-likeness (QED) is 0.403. The molecule has 0 atom stereocenters. The third-order valence-corrected chi connectivity index (χ3v) is 6.29. The van der Waals surface area contributed by atoms with E-state index < -0.39 is 6.36 Å². The van der Waals surface area contributed by atoms with E-state index in [0.717, 1.165) is 38.5 Å². The van der Waals surface area contributed by atoms with Gasteiger partial charge in [0.15, 0.2) is 17.0 Å². The van der Waals surface area contributed by atoms with Gasteiger partial charge in [0, 0.05) is 34.4 Å². The fraction of sp³-hybridized carbons (Fsp3) is 0.476. The molecule has 12 heteroatoms. The highest BCUT2D eigenvalue weighted by atomic mass is 79.9. The van der Waals surface area contributed by atoms with Crippen LogP contribution >= 0.6 is 15.9 Å². The molecule has 0 spiro atoms. The summed E-state index contributed by atoms with van der Waals surface area (Å²) in [4.78, 5) is 13.8. The van der Waals surface area contributed by atoms with Crippen LogP contribution in [0.2, 0.25) is 0 Å². The van der Waals surface area contributed by atoms with Crippen molar-refractivity contribution in [3.8, 4) is 5.75 Å². The maximum atomic E-state index is 12.7. The van der Waals surface area contributed by atoms with Crippen molar-refractivity contribution in [1.29, 1.82) is 0 Å². The molecule has 5 rings (SSSR count). The van der Waals surface area contributed by atoms with Crippen LogP contribution in [0.4, 0.5) is 30.6 Å². The third-order valence-electron chi connectivity index (χ3n) is 5.83. The van der Waals surface area contributed by atoms with Crippen LogP contribution in [0.3, 0.4) is 0 Å². The largest absolute Gasteiger partial charge is 0.573 e. The van der Waals surface area contributed by atoms with Crippen LogP contribution in [0.15, 0.2) is 29.0 Å². The average Bonchev–Trinajstić information content (AvgIpc) is 3.47. The molecule has 0 bridgehead atoms. The zero-order chi connectivity index (χ0) is 23.2. The van der Waals surface area contributed by atoms with Gasteiger partial charge in [-0.2, -0.15) is 9.97 Å². The number of nitrogens with zero attached hydrogens (tertiary/aromatic N) is 4. The molecular formula is C21H23BrF3N7O. The van der Waals surface area contributed by atoms with E-state index in [2.05, 4.69) is 41.3 Å². The molecule has 0 saturated heterocycles. The van der Waals surface area contributed by atoms with Gasteiger partial charge in [-0.1, -0.05) is 15.9 Å². The summed E-state index contributed by atoms with van der Waals surface area (Å²) in [6, 6.07) is 4.95. The van der Waals surface area contributed by atoms with Crippen LogP contribution in [0.25, 0.3) is 11.2 Å². The van der Waals surface area contributed by atoms with Crippen molar-refractivity contribution >= 4 is 44.5 Å². The normalized spacial score (nSPS) is 21.2. The first-order valence-corrected chi connectivity index (χ1v) is 11.6. The van der Waals surface area contributed by atoms with Gasteiger partial charge in [0.25, 0.3) is 0 Å². The number of hydrogen-bond acceptors (Lipinski definition) is 7. The van der Waals surface area contributed by atoms with E-state index in [1.54, 1.807) is 12.4 Å². The van der Waals surface area contributed by atoms with Gasteiger partial charge in [-0.3, -0.25) is 0 Å². The highest BCUT2D eigenvalue weighted by Crippen LogP contribution is 2.38. The predicted octanol–water partition coefficient (Wildman–Crippen LogP) is 5.25. The predicted molar refractivity (Wildman–Crippen MR) is 122 cm³/mol. The Morgan fingerprint density at radius 2 is 1.82 bits per heavy atom. The van der Waals surface area contributed by atoms with Crippen molar-refractivity contribution in [2.75, 3.05) is 10.6 Å².